The van der Waals surface area contributed by atoms with Crippen LogP contribution in [0.1, 0.15) is 39.4 Å². The zero-order valence-electron chi connectivity index (χ0n) is 18.1. The molecule has 0 bridgehead atoms. The zero-order valence-corrected chi connectivity index (χ0v) is 19.7. The van der Waals surface area contributed by atoms with E-state index in [9.17, 15) is 14.4 Å². The van der Waals surface area contributed by atoms with Crippen molar-refractivity contribution in [2.45, 2.75) is 38.4 Å². The maximum Gasteiger partial charge on any atom is 0.404 e. The van der Waals surface area contributed by atoms with Crippen molar-refractivity contribution in [1.29, 1.82) is 0 Å². The molecule has 0 aliphatic heterocycles. The summed E-state index contributed by atoms with van der Waals surface area (Å²) in [6.45, 7) is 1.23. The van der Waals surface area contributed by atoms with Crippen molar-refractivity contribution < 1.29 is 19.5 Å². The smallest absolute Gasteiger partial charge is 0.404 e. The monoisotopic (exact) mass is 485 g/mol. The quantitative estimate of drug-likeness (QED) is 0.327. The fraction of sp³-hybridized carbons (Fsp3) is 0.292. The second kappa shape index (κ2) is 12.8. The van der Waals surface area contributed by atoms with Crippen LogP contribution in [0.25, 0.3) is 0 Å². The van der Waals surface area contributed by atoms with Gasteiger partial charge in [-0.05, 0) is 54.3 Å². The lowest BCUT2D eigenvalue weighted by molar-refractivity contribution is -0.134. The summed E-state index contributed by atoms with van der Waals surface area (Å²) in [5.74, 6) is -0.447. The van der Waals surface area contributed by atoms with Gasteiger partial charge in [0.1, 0.15) is 6.04 Å². The highest BCUT2D eigenvalue weighted by Gasteiger charge is 2.27. The largest absolute Gasteiger partial charge is 0.465 e. The Hall–Kier alpha value is -3.17. The van der Waals surface area contributed by atoms with Gasteiger partial charge >= 0.3 is 6.09 Å². The topological polar surface area (TPSA) is 98.7 Å². The average molecular weight is 486 g/mol. The van der Waals surface area contributed by atoms with E-state index >= 15 is 0 Å². The van der Waals surface area contributed by atoms with E-state index in [0.717, 1.165) is 9.75 Å². The van der Waals surface area contributed by atoms with E-state index in [1.54, 1.807) is 51.8 Å². The molecule has 0 saturated heterocycles. The molecule has 0 aliphatic rings. The summed E-state index contributed by atoms with van der Waals surface area (Å²) >= 11 is 3.18. The minimum Gasteiger partial charge on any atom is -0.465 e. The molecule has 0 aliphatic carbocycles. The van der Waals surface area contributed by atoms with Gasteiger partial charge in [-0.25, -0.2) is 4.79 Å². The fourth-order valence-corrected chi connectivity index (χ4v) is 4.81. The molecule has 2 aromatic heterocycles. The molecule has 3 aromatic rings. The van der Waals surface area contributed by atoms with Crippen molar-refractivity contribution in [3.8, 4) is 0 Å². The fourth-order valence-electron chi connectivity index (χ4n) is 3.37. The van der Waals surface area contributed by atoms with Crippen LogP contribution in [-0.2, 0) is 17.9 Å². The number of nitrogens with zero attached hydrogens (tertiary/aromatic N) is 1. The lowest BCUT2D eigenvalue weighted by Crippen LogP contribution is -2.48. The predicted octanol–water partition coefficient (Wildman–Crippen LogP) is 4.57. The summed E-state index contributed by atoms with van der Waals surface area (Å²) in [5, 5.41) is 18.0. The predicted molar refractivity (Wildman–Crippen MR) is 130 cm³/mol. The first kappa shape index (κ1) is 24.5. The van der Waals surface area contributed by atoms with Crippen molar-refractivity contribution in [2.24, 2.45) is 0 Å². The highest BCUT2D eigenvalue weighted by Crippen LogP contribution is 2.19. The number of amides is 3. The van der Waals surface area contributed by atoms with Crippen LogP contribution in [0, 0.1) is 0 Å². The summed E-state index contributed by atoms with van der Waals surface area (Å²) in [5.41, 5.74) is 0.492. The van der Waals surface area contributed by atoms with Gasteiger partial charge in [0.2, 0.25) is 5.91 Å². The van der Waals surface area contributed by atoms with Crippen LogP contribution in [0.3, 0.4) is 0 Å². The minimum atomic E-state index is -1.07. The van der Waals surface area contributed by atoms with Gasteiger partial charge in [0, 0.05) is 21.9 Å². The summed E-state index contributed by atoms with van der Waals surface area (Å²) in [6, 6.07) is 16.0. The second-order valence-corrected chi connectivity index (χ2v) is 9.54. The van der Waals surface area contributed by atoms with Gasteiger partial charge in [-0.1, -0.05) is 30.3 Å². The third-order valence-corrected chi connectivity index (χ3v) is 6.72. The molecule has 3 amide bonds. The Bertz CT molecular complexity index is 972. The molecule has 0 saturated carbocycles. The van der Waals surface area contributed by atoms with E-state index in [2.05, 4.69) is 10.6 Å². The van der Waals surface area contributed by atoms with Gasteiger partial charge in [-0.3, -0.25) is 9.59 Å². The lowest BCUT2D eigenvalue weighted by Gasteiger charge is -2.27. The van der Waals surface area contributed by atoms with E-state index in [1.807, 2.05) is 41.1 Å². The first-order chi connectivity index (χ1) is 16.0. The standard InChI is InChI=1S/C24H27N3O4S2/c28-22(18-8-2-1-3-9-18)26-21(12-4-5-13-25-24(30)31)23(29)27(16-19-10-6-14-32-19)17-20-11-7-15-33-20/h1-3,6-11,14-15,21,25H,4-5,12-13,16-17H2,(H,26,28)(H,30,31)/t21-/m0/s1. The molecule has 1 aromatic carbocycles. The number of unbranched alkanes of at least 4 members (excludes halogenated alkanes) is 1. The van der Waals surface area contributed by atoms with Crippen LogP contribution in [0.5, 0.6) is 0 Å². The van der Waals surface area contributed by atoms with E-state index < -0.39 is 12.1 Å². The Morgan fingerprint density at radius 3 is 2.06 bits per heavy atom. The molecule has 0 spiro atoms. The molecule has 174 valence electrons. The molecule has 2 heterocycles. The number of benzene rings is 1. The number of hydrogen-bond acceptors (Lipinski definition) is 5. The normalized spacial score (nSPS) is 11.5. The van der Waals surface area contributed by atoms with Gasteiger partial charge in [-0.15, -0.1) is 22.7 Å². The number of carboxylic acid groups (broad SMARTS) is 1. The van der Waals surface area contributed by atoms with Crippen molar-refractivity contribution >= 4 is 40.6 Å². The molecule has 7 nitrogen and oxygen atoms in total. The zero-order chi connectivity index (χ0) is 23.5. The number of hydrogen-bond donors (Lipinski definition) is 3. The Morgan fingerprint density at radius 2 is 1.52 bits per heavy atom. The first-order valence-electron chi connectivity index (χ1n) is 10.7. The van der Waals surface area contributed by atoms with Crippen LogP contribution in [-0.4, -0.2) is 40.5 Å². The Balaban J connectivity index is 1.74. The number of thiophene rings is 2. The van der Waals surface area contributed by atoms with Gasteiger partial charge < -0.3 is 20.6 Å². The van der Waals surface area contributed by atoms with Crippen molar-refractivity contribution in [3.05, 3.63) is 80.7 Å². The third-order valence-electron chi connectivity index (χ3n) is 5.00. The van der Waals surface area contributed by atoms with Gasteiger partial charge in [0.15, 0.2) is 0 Å². The molecule has 0 fully saturated rings. The molecule has 3 rings (SSSR count). The van der Waals surface area contributed by atoms with E-state index in [-0.39, 0.29) is 11.8 Å². The number of nitrogens with one attached hydrogen (secondary N) is 2. The van der Waals surface area contributed by atoms with Crippen molar-refractivity contribution in [2.75, 3.05) is 6.54 Å². The first-order valence-corrected chi connectivity index (χ1v) is 12.4. The number of carbonyl (C=O) groups is 3. The van der Waals surface area contributed by atoms with Crippen LogP contribution < -0.4 is 10.6 Å². The Labute approximate surface area is 201 Å². The van der Waals surface area contributed by atoms with Crippen molar-refractivity contribution in [3.63, 3.8) is 0 Å². The Morgan fingerprint density at radius 1 is 0.879 bits per heavy atom. The minimum absolute atomic E-state index is 0.146. The van der Waals surface area contributed by atoms with E-state index in [1.165, 1.54) is 0 Å². The van der Waals surface area contributed by atoms with Crippen LogP contribution in [0.2, 0.25) is 0 Å². The van der Waals surface area contributed by atoms with Crippen LogP contribution in [0.15, 0.2) is 65.4 Å². The molecule has 3 N–H and O–H groups in total. The average Bonchev–Trinajstić information content (AvgIpc) is 3.52. The summed E-state index contributed by atoms with van der Waals surface area (Å²) in [4.78, 5) is 41.1. The van der Waals surface area contributed by atoms with Gasteiger partial charge in [0.25, 0.3) is 5.91 Å². The lowest BCUT2D eigenvalue weighted by atomic mass is 10.1. The van der Waals surface area contributed by atoms with Crippen LogP contribution >= 0.6 is 22.7 Å². The summed E-state index contributed by atoms with van der Waals surface area (Å²) < 4.78 is 0. The van der Waals surface area contributed by atoms with Crippen molar-refractivity contribution in [1.82, 2.24) is 15.5 Å². The molecule has 33 heavy (non-hydrogen) atoms. The SMILES string of the molecule is O=C(O)NCCCC[C@H](NC(=O)c1ccccc1)C(=O)N(Cc1cccs1)Cc1cccs1. The number of carbonyl (C=O) groups excluding carboxylic acids is 2. The summed E-state index contributed by atoms with van der Waals surface area (Å²) in [7, 11) is 0. The highest BCUT2D eigenvalue weighted by molar-refractivity contribution is 7.10. The molecule has 1 atom stereocenters. The molecule has 9 heteroatoms. The maximum atomic E-state index is 13.6. The van der Waals surface area contributed by atoms with Gasteiger partial charge in [-0.2, -0.15) is 0 Å². The van der Waals surface area contributed by atoms with E-state index in [4.69, 9.17) is 5.11 Å². The van der Waals surface area contributed by atoms with Gasteiger partial charge in [0.05, 0.1) is 13.1 Å². The van der Waals surface area contributed by atoms with E-state index in [0.29, 0.717) is 44.5 Å². The summed E-state index contributed by atoms with van der Waals surface area (Å²) in [6.07, 6.45) is 0.521. The number of rotatable bonds is 12. The third kappa shape index (κ3) is 8.03. The molecule has 0 radical (unpaired) electrons. The molecule has 0 unspecified atom stereocenters. The second-order valence-electron chi connectivity index (χ2n) is 7.47. The molecular formula is C24H27N3O4S2. The Kier molecular flexibility index (Phi) is 9.46. The highest BCUT2D eigenvalue weighted by atomic mass is 32.1. The molecular weight excluding hydrogens is 458 g/mol. The maximum absolute atomic E-state index is 13.6. The van der Waals surface area contributed by atoms with Crippen LogP contribution in [0.4, 0.5) is 4.79 Å².